The van der Waals surface area contributed by atoms with E-state index in [9.17, 15) is 9.59 Å². The van der Waals surface area contributed by atoms with Gasteiger partial charge in [-0.2, -0.15) is 0 Å². The van der Waals surface area contributed by atoms with Gasteiger partial charge in [-0.3, -0.25) is 9.59 Å². The van der Waals surface area contributed by atoms with E-state index in [1.54, 1.807) is 18.2 Å². The molecule has 0 aliphatic carbocycles. The predicted molar refractivity (Wildman–Crippen MR) is 76.1 cm³/mol. The standard InChI is InChI=1S/C16H16O3/c1-2-3-6-13(17)10-9-12-11-19-15-8-5-4-7-14(15)16(12)18/h4-5,7-11H,2-3,6H2,1H3/b10-9+. The SMILES string of the molecule is CCCCC(=O)/C=C/c1coc2ccccc2c1=O. The van der Waals surface area contributed by atoms with Gasteiger partial charge in [0, 0.05) is 6.42 Å². The Hall–Kier alpha value is -2.16. The molecule has 0 amide bonds. The molecule has 0 radical (unpaired) electrons. The summed E-state index contributed by atoms with van der Waals surface area (Å²) in [4.78, 5) is 23.7. The molecule has 3 nitrogen and oxygen atoms in total. The molecule has 0 fully saturated rings. The first-order chi connectivity index (χ1) is 9.22. The van der Waals surface area contributed by atoms with Crippen LogP contribution >= 0.6 is 0 Å². The van der Waals surface area contributed by atoms with Crippen LogP contribution in [0.15, 0.2) is 45.8 Å². The number of carbonyl (C=O) groups is 1. The van der Waals surface area contributed by atoms with Crippen molar-refractivity contribution >= 4 is 22.8 Å². The molecular formula is C16H16O3. The van der Waals surface area contributed by atoms with E-state index >= 15 is 0 Å². The molecule has 1 aromatic heterocycles. The number of hydrogen-bond donors (Lipinski definition) is 0. The molecule has 0 saturated heterocycles. The van der Waals surface area contributed by atoms with Crippen LogP contribution in [0.2, 0.25) is 0 Å². The Morgan fingerprint density at radius 2 is 2.11 bits per heavy atom. The normalized spacial score (nSPS) is 11.2. The highest BCUT2D eigenvalue weighted by atomic mass is 16.3. The molecule has 1 aromatic carbocycles. The van der Waals surface area contributed by atoms with Crippen LogP contribution in [0, 0.1) is 0 Å². The van der Waals surface area contributed by atoms with Gasteiger partial charge in [0.15, 0.2) is 11.2 Å². The fraction of sp³-hybridized carbons (Fsp3) is 0.250. The van der Waals surface area contributed by atoms with E-state index in [1.807, 2.05) is 13.0 Å². The van der Waals surface area contributed by atoms with Crippen molar-refractivity contribution in [1.82, 2.24) is 0 Å². The van der Waals surface area contributed by atoms with Gasteiger partial charge in [-0.1, -0.05) is 25.5 Å². The molecule has 2 rings (SSSR count). The maximum Gasteiger partial charge on any atom is 0.199 e. The van der Waals surface area contributed by atoms with Crippen molar-refractivity contribution in [3.05, 3.63) is 52.4 Å². The second kappa shape index (κ2) is 6.14. The molecule has 0 spiro atoms. The van der Waals surface area contributed by atoms with Gasteiger partial charge >= 0.3 is 0 Å². The second-order valence-corrected chi connectivity index (χ2v) is 4.42. The summed E-state index contributed by atoms with van der Waals surface area (Å²) in [7, 11) is 0. The van der Waals surface area contributed by atoms with Crippen molar-refractivity contribution in [2.45, 2.75) is 26.2 Å². The quantitative estimate of drug-likeness (QED) is 0.768. The molecule has 0 aliphatic rings. The lowest BCUT2D eigenvalue weighted by Crippen LogP contribution is -2.04. The summed E-state index contributed by atoms with van der Waals surface area (Å²) in [5.41, 5.74) is 0.854. The third kappa shape index (κ3) is 3.19. The van der Waals surface area contributed by atoms with Crippen LogP contribution in [-0.4, -0.2) is 5.78 Å². The monoisotopic (exact) mass is 256 g/mol. The third-order valence-electron chi connectivity index (χ3n) is 2.93. The maximum absolute atomic E-state index is 12.1. The van der Waals surface area contributed by atoms with E-state index in [2.05, 4.69) is 0 Å². The number of hydrogen-bond acceptors (Lipinski definition) is 3. The molecule has 0 bridgehead atoms. The Balaban J connectivity index is 2.26. The van der Waals surface area contributed by atoms with Gasteiger partial charge in [0.05, 0.1) is 10.9 Å². The number of carbonyl (C=O) groups excluding carboxylic acids is 1. The summed E-state index contributed by atoms with van der Waals surface area (Å²) < 4.78 is 5.37. The Morgan fingerprint density at radius 3 is 2.89 bits per heavy atom. The first-order valence-corrected chi connectivity index (χ1v) is 6.44. The Morgan fingerprint density at radius 1 is 1.32 bits per heavy atom. The Kier molecular flexibility index (Phi) is 4.29. The van der Waals surface area contributed by atoms with Crippen LogP contribution in [0.25, 0.3) is 17.0 Å². The number of para-hydroxylation sites is 1. The van der Waals surface area contributed by atoms with Crippen molar-refractivity contribution < 1.29 is 9.21 Å². The van der Waals surface area contributed by atoms with Crippen LogP contribution in [-0.2, 0) is 4.79 Å². The zero-order chi connectivity index (χ0) is 13.7. The third-order valence-corrected chi connectivity index (χ3v) is 2.93. The summed E-state index contributed by atoms with van der Waals surface area (Å²) in [5, 5.41) is 0.533. The van der Waals surface area contributed by atoms with Crippen molar-refractivity contribution in [3.8, 4) is 0 Å². The van der Waals surface area contributed by atoms with Gasteiger partial charge in [0.2, 0.25) is 0 Å². The largest absolute Gasteiger partial charge is 0.463 e. The number of allylic oxidation sites excluding steroid dienone is 1. The van der Waals surface area contributed by atoms with Gasteiger partial charge < -0.3 is 4.42 Å². The van der Waals surface area contributed by atoms with Crippen molar-refractivity contribution in [1.29, 1.82) is 0 Å². The second-order valence-electron chi connectivity index (χ2n) is 4.42. The van der Waals surface area contributed by atoms with Gasteiger partial charge in [-0.25, -0.2) is 0 Å². The minimum Gasteiger partial charge on any atom is -0.463 e. The fourth-order valence-electron chi connectivity index (χ4n) is 1.83. The van der Waals surface area contributed by atoms with E-state index < -0.39 is 0 Å². The van der Waals surface area contributed by atoms with E-state index in [0.29, 0.717) is 23.0 Å². The topological polar surface area (TPSA) is 47.3 Å². The molecule has 0 unspecified atom stereocenters. The smallest absolute Gasteiger partial charge is 0.199 e. The maximum atomic E-state index is 12.1. The van der Waals surface area contributed by atoms with E-state index in [-0.39, 0.29) is 11.2 Å². The molecule has 3 heteroatoms. The lowest BCUT2D eigenvalue weighted by Gasteiger charge is -1.97. The Bertz CT molecular complexity index is 665. The number of ketones is 1. The molecule has 19 heavy (non-hydrogen) atoms. The molecule has 0 saturated carbocycles. The highest BCUT2D eigenvalue weighted by Crippen LogP contribution is 2.11. The molecular weight excluding hydrogens is 240 g/mol. The first kappa shape index (κ1) is 13.3. The molecule has 0 aliphatic heterocycles. The lowest BCUT2D eigenvalue weighted by atomic mass is 10.1. The molecule has 0 atom stereocenters. The van der Waals surface area contributed by atoms with Gasteiger partial charge in [0.25, 0.3) is 0 Å². The van der Waals surface area contributed by atoms with Gasteiger partial charge in [-0.15, -0.1) is 0 Å². The summed E-state index contributed by atoms with van der Waals surface area (Å²) in [6, 6.07) is 7.07. The van der Waals surface area contributed by atoms with E-state index in [0.717, 1.165) is 12.8 Å². The van der Waals surface area contributed by atoms with E-state index in [1.165, 1.54) is 18.4 Å². The average Bonchev–Trinajstić information content (AvgIpc) is 2.44. The minimum atomic E-state index is -0.110. The van der Waals surface area contributed by atoms with Gasteiger partial charge in [0.1, 0.15) is 11.8 Å². The van der Waals surface area contributed by atoms with Crippen molar-refractivity contribution in [3.63, 3.8) is 0 Å². The van der Waals surface area contributed by atoms with Crippen molar-refractivity contribution in [2.75, 3.05) is 0 Å². The van der Waals surface area contributed by atoms with Gasteiger partial charge in [-0.05, 0) is 30.7 Å². The van der Waals surface area contributed by atoms with Crippen LogP contribution in [0.5, 0.6) is 0 Å². The zero-order valence-electron chi connectivity index (χ0n) is 10.9. The number of fused-ring (bicyclic) bond motifs is 1. The van der Waals surface area contributed by atoms with Crippen LogP contribution in [0.4, 0.5) is 0 Å². The molecule has 98 valence electrons. The van der Waals surface area contributed by atoms with Crippen LogP contribution in [0.1, 0.15) is 31.7 Å². The summed E-state index contributed by atoms with van der Waals surface area (Å²) >= 11 is 0. The number of rotatable bonds is 5. The fourth-order valence-corrected chi connectivity index (χ4v) is 1.83. The zero-order valence-corrected chi connectivity index (χ0v) is 10.9. The number of benzene rings is 1. The van der Waals surface area contributed by atoms with E-state index in [4.69, 9.17) is 4.42 Å². The number of unbranched alkanes of at least 4 members (excludes halogenated alkanes) is 1. The average molecular weight is 256 g/mol. The highest BCUT2D eigenvalue weighted by molar-refractivity contribution is 5.93. The van der Waals surface area contributed by atoms with Crippen LogP contribution < -0.4 is 5.43 Å². The predicted octanol–water partition coefficient (Wildman–Crippen LogP) is 3.57. The Labute approximate surface area is 111 Å². The summed E-state index contributed by atoms with van der Waals surface area (Å²) in [5.74, 6) is 0.0365. The summed E-state index contributed by atoms with van der Waals surface area (Å²) in [6.07, 6.45) is 6.76. The minimum absolute atomic E-state index is 0.0365. The highest BCUT2D eigenvalue weighted by Gasteiger charge is 2.04. The van der Waals surface area contributed by atoms with Crippen molar-refractivity contribution in [2.24, 2.45) is 0 Å². The lowest BCUT2D eigenvalue weighted by molar-refractivity contribution is -0.114. The molecule has 0 N–H and O–H groups in total. The first-order valence-electron chi connectivity index (χ1n) is 6.44. The molecule has 1 heterocycles. The molecule has 2 aromatic rings. The van der Waals surface area contributed by atoms with Crippen LogP contribution in [0.3, 0.4) is 0 Å². The summed E-state index contributed by atoms with van der Waals surface area (Å²) in [6.45, 7) is 2.04.